The average molecular weight is 275 g/mol. The lowest BCUT2D eigenvalue weighted by Crippen LogP contribution is -1.98. The van der Waals surface area contributed by atoms with E-state index in [0.29, 0.717) is 5.69 Å². The summed E-state index contributed by atoms with van der Waals surface area (Å²) in [5, 5.41) is 0. The third-order valence-corrected chi connectivity index (χ3v) is 5.27. The molecule has 0 spiro atoms. The van der Waals surface area contributed by atoms with Crippen LogP contribution < -0.4 is 5.73 Å². The molecule has 0 saturated heterocycles. The molecule has 1 aromatic carbocycles. The fraction of sp³-hybridized carbons (Fsp3) is 0.214. The van der Waals surface area contributed by atoms with Crippen LogP contribution in [0.3, 0.4) is 0 Å². The maximum Gasteiger partial charge on any atom is 0.202 e. The zero-order chi connectivity index (χ0) is 12.5. The van der Waals surface area contributed by atoms with E-state index in [4.69, 9.17) is 5.73 Å². The number of carbonyl (C=O) groups is 1. The molecule has 1 aromatic heterocycles. The molecular weight excluding hydrogens is 262 g/mol. The highest BCUT2D eigenvalue weighted by Gasteiger charge is 2.18. The summed E-state index contributed by atoms with van der Waals surface area (Å²) < 4.78 is 0. The number of hydrogen-bond acceptors (Lipinski definition) is 4. The summed E-state index contributed by atoms with van der Waals surface area (Å²) in [6.45, 7) is 0. The number of fused-ring (bicyclic) bond motifs is 1. The molecule has 1 aliphatic heterocycles. The summed E-state index contributed by atoms with van der Waals surface area (Å²) in [4.78, 5) is 14.6. The molecule has 0 fully saturated rings. The summed E-state index contributed by atoms with van der Waals surface area (Å²) >= 11 is 3.59. The first kappa shape index (κ1) is 11.8. The monoisotopic (exact) mass is 275 g/mol. The van der Waals surface area contributed by atoms with Gasteiger partial charge in [0.2, 0.25) is 5.78 Å². The van der Waals surface area contributed by atoms with E-state index in [-0.39, 0.29) is 5.78 Å². The highest BCUT2D eigenvalue weighted by molar-refractivity contribution is 7.98. The van der Waals surface area contributed by atoms with E-state index in [9.17, 15) is 4.79 Å². The van der Waals surface area contributed by atoms with Gasteiger partial charge in [-0.3, -0.25) is 4.79 Å². The largest absolute Gasteiger partial charge is 0.399 e. The van der Waals surface area contributed by atoms with Crippen LogP contribution in [-0.2, 0) is 12.2 Å². The van der Waals surface area contributed by atoms with Gasteiger partial charge in [0.05, 0.1) is 4.88 Å². The van der Waals surface area contributed by atoms with Gasteiger partial charge < -0.3 is 5.73 Å². The number of ketones is 1. The van der Waals surface area contributed by atoms with E-state index < -0.39 is 0 Å². The predicted molar refractivity (Wildman–Crippen MR) is 78.5 cm³/mol. The summed E-state index contributed by atoms with van der Waals surface area (Å²) in [6.07, 6.45) is 1.10. The molecule has 18 heavy (non-hydrogen) atoms. The minimum absolute atomic E-state index is 0.111. The van der Waals surface area contributed by atoms with Gasteiger partial charge in [0.1, 0.15) is 0 Å². The predicted octanol–water partition coefficient (Wildman–Crippen LogP) is 3.35. The minimum Gasteiger partial charge on any atom is -0.399 e. The highest BCUT2D eigenvalue weighted by atomic mass is 32.2. The van der Waals surface area contributed by atoms with Crippen molar-refractivity contribution in [3.63, 3.8) is 0 Å². The van der Waals surface area contributed by atoms with Crippen LogP contribution in [0.5, 0.6) is 0 Å². The third kappa shape index (κ3) is 2.18. The van der Waals surface area contributed by atoms with Crippen molar-refractivity contribution in [3.8, 4) is 0 Å². The Balaban J connectivity index is 1.92. The molecule has 0 unspecified atom stereocenters. The topological polar surface area (TPSA) is 43.1 Å². The molecule has 2 N–H and O–H groups in total. The van der Waals surface area contributed by atoms with E-state index in [0.717, 1.165) is 22.6 Å². The normalized spacial score (nSPS) is 14.2. The summed E-state index contributed by atoms with van der Waals surface area (Å²) in [5.41, 5.74) is 8.38. The first-order chi connectivity index (χ1) is 8.74. The zero-order valence-corrected chi connectivity index (χ0v) is 11.4. The quantitative estimate of drug-likeness (QED) is 0.675. The molecule has 0 radical (unpaired) electrons. The number of thiophene rings is 1. The molecule has 0 amide bonds. The molecule has 92 valence electrons. The fourth-order valence-electron chi connectivity index (χ4n) is 2.04. The molecule has 2 nitrogen and oxygen atoms in total. The van der Waals surface area contributed by atoms with Crippen LogP contribution in [0.2, 0.25) is 0 Å². The van der Waals surface area contributed by atoms with Crippen LogP contribution in [0.15, 0.2) is 30.3 Å². The second-order valence-electron chi connectivity index (χ2n) is 4.31. The van der Waals surface area contributed by atoms with Gasteiger partial charge in [-0.15, -0.1) is 11.3 Å². The van der Waals surface area contributed by atoms with Crippen molar-refractivity contribution < 1.29 is 4.79 Å². The Morgan fingerprint density at radius 1 is 1.22 bits per heavy atom. The SMILES string of the molecule is Nc1ccc(C(=O)c2cc3c(s2)CCSC3)cc1. The van der Waals surface area contributed by atoms with Crippen molar-refractivity contribution in [3.05, 3.63) is 51.2 Å². The first-order valence-electron chi connectivity index (χ1n) is 5.83. The minimum atomic E-state index is 0.111. The lowest BCUT2D eigenvalue weighted by molar-refractivity contribution is 0.104. The number of thioether (sulfide) groups is 1. The Labute approximate surface area is 114 Å². The van der Waals surface area contributed by atoms with Gasteiger partial charge in [-0.2, -0.15) is 11.8 Å². The molecular formula is C14H13NOS2. The number of benzene rings is 1. The van der Waals surface area contributed by atoms with Crippen molar-refractivity contribution in [2.45, 2.75) is 12.2 Å². The molecule has 0 atom stereocenters. The second-order valence-corrected chi connectivity index (χ2v) is 6.55. The number of aryl methyl sites for hydroxylation is 1. The highest BCUT2D eigenvalue weighted by Crippen LogP contribution is 2.32. The van der Waals surface area contributed by atoms with Gasteiger partial charge >= 0.3 is 0 Å². The molecule has 0 saturated carbocycles. The molecule has 1 aliphatic rings. The Morgan fingerprint density at radius 3 is 2.72 bits per heavy atom. The maximum atomic E-state index is 12.3. The van der Waals surface area contributed by atoms with E-state index in [1.165, 1.54) is 16.2 Å². The van der Waals surface area contributed by atoms with Crippen molar-refractivity contribution >= 4 is 34.6 Å². The van der Waals surface area contributed by atoms with Crippen molar-refractivity contribution in [2.75, 3.05) is 11.5 Å². The summed E-state index contributed by atoms with van der Waals surface area (Å²) in [7, 11) is 0. The number of nitrogen functional groups attached to an aromatic ring is 1. The van der Waals surface area contributed by atoms with Crippen LogP contribution in [0, 0.1) is 0 Å². The molecule has 3 rings (SSSR count). The van der Waals surface area contributed by atoms with E-state index >= 15 is 0 Å². The molecule has 0 bridgehead atoms. The van der Waals surface area contributed by atoms with Gasteiger partial charge in [-0.25, -0.2) is 0 Å². The molecule has 2 aromatic rings. The standard InChI is InChI=1S/C14H13NOS2/c15-11-3-1-9(2-4-11)14(16)13-7-10-8-17-6-5-12(10)18-13/h1-4,7H,5-6,8,15H2. The van der Waals surface area contributed by atoms with Gasteiger partial charge in [-0.1, -0.05) is 0 Å². The van der Waals surface area contributed by atoms with Crippen LogP contribution in [0.25, 0.3) is 0 Å². The van der Waals surface area contributed by atoms with E-state index in [1.54, 1.807) is 35.6 Å². The van der Waals surface area contributed by atoms with Gasteiger partial charge in [-0.05, 0) is 48.1 Å². The lowest BCUT2D eigenvalue weighted by atomic mass is 10.1. The van der Waals surface area contributed by atoms with Gasteiger partial charge in [0.25, 0.3) is 0 Å². The van der Waals surface area contributed by atoms with E-state index in [1.807, 2.05) is 11.8 Å². The third-order valence-electron chi connectivity index (χ3n) is 3.02. The van der Waals surface area contributed by atoms with Crippen molar-refractivity contribution in [1.82, 2.24) is 0 Å². The Morgan fingerprint density at radius 2 is 2.00 bits per heavy atom. The van der Waals surface area contributed by atoms with Crippen molar-refractivity contribution in [1.29, 1.82) is 0 Å². The van der Waals surface area contributed by atoms with E-state index in [2.05, 4.69) is 6.07 Å². The summed E-state index contributed by atoms with van der Waals surface area (Å²) in [6, 6.07) is 9.20. The molecule has 2 heterocycles. The maximum absolute atomic E-state index is 12.3. The number of carbonyl (C=O) groups excluding carboxylic acids is 1. The van der Waals surface area contributed by atoms with Gasteiger partial charge in [0, 0.05) is 21.9 Å². The Bertz CT molecular complexity index is 563. The number of rotatable bonds is 2. The van der Waals surface area contributed by atoms with Gasteiger partial charge in [0.15, 0.2) is 0 Å². The smallest absolute Gasteiger partial charge is 0.202 e. The lowest BCUT2D eigenvalue weighted by Gasteiger charge is -2.08. The average Bonchev–Trinajstić information content (AvgIpc) is 2.82. The summed E-state index contributed by atoms with van der Waals surface area (Å²) in [5.74, 6) is 2.32. The first-order valence-corrected chi connectivity index (χ1v) is 7.81. The number of hydrogen-bond donors (Lipinski definition) is 1. The zero-order valence-electron chi connectivity index (χ0n) is 9.81. The van der Waals surface area contributed by atoms with Crippen LogP contribution in [0.1, 0.15) is 25.7 Å². The van der Waals surface area contributed by atoms with Crippen molar-refractivity contribution in [2.24, 2.45) is 0 Å². The Kier molecular flexibility index (Phi) is 3.14. The van der Waals surface area contributed by atoms with Crippen LogP contribution in [0.4, 0.5) is 5.69 Å². The Hall–Kier alpha value is -1.26. The molecule has 0 aliphatic carbocycles. The number of nitrogens with two attached hydrogens (primary N) is 1. The van der Waals surface area contributed by atoms with Crippen LogP contribution >= 0.6 is 23.1 Å². The fourth-order valence-corrected chi connectivity index (χ4v) is 4.37. The van der Waals surface area contributed by atoms with Crippen LogP contribution in [-0.4, -0.2) is 11.5 Å². The number of anilines is 1. The second kappa shape index (κ2) is 4.78. The molecule has 4 heteroatoms.